The first kappa shape index (κ1) is 13.0. The number of nitrogens with one attached hydrogen (secondary N) is 1. The van der Waals surface area contributed by atoms with Gasteiger partial charge in [-0.1, -0.05) is 0 Å². The number of benzene rings is 1. The lowest BCUT2D eigenvalue weighted by Crippen LogP contribution is -2.22. The molecule has 1 aromatic heterocycles. The molecule has 3 rings (SSSR count). The van der Waals surface area contributed by atoms with Gasteiger partial charge in [-0.3, -0.25) is 9.48 Å². The Morgan fingerprint density at radius 2 is 2.33 bits per heavy atom. The Bertz CT molecular complexity index is 842. The van der Waals surface area contributed by atoms with Crippen LogP contribution in [0.25, 0.3) is 10.9 Å². The maximum Gasteiger partial charge on any atom is 0.360 e. The molecule has 1 aliphatic heterocycles. The van der Waals surface area contributed by atoms with E-state index < -0.39 is 17.1 Å². The van der Waals surface area contributed by atoms with Gasteiger partial charge >= 0.3 is 5.97 Å². The van der Waals surface area contributed by atoms with Crippen molar-refractivity contribution in [3.63, 3.8) is 0 Å². The monoisotopic (exact) mass is 290 g/mol. The highest BCUT2D eigenvalue weighted by Gasteiger charge is 2.26. The molecule has 1 aliphatic rings. The lowest BCUT2D eigenvalue weighted by molar-refractivity contribution is 0.0686. The number of hydrogen-bond donors (Lipinski definition) is 2. The number of carboxylic acid groups (broad SMARTS) is 1. The Morgan fingerprint density at radius 1 is 1.57 bits per heavy atom. The van der Waals surface area contributed by atoms with Crippen LogP contribution < -0.4 is 14.9 Å². The summed E-state index contributed by atoms with van der Waals surface area (Å²) < 4.78 is 11.8. The van der Waals surface area contributed by atoms with Gasteiger partial charge in [0.2, 0.25) is 17.9 Å². The molecule has 21 heavy (non-hydrogen) atoms. The van der Waals surface area contributed by atoms with Crippen LogP contribution in [-0.4, -0.2) is 27.6 Å². The van der Waals surface area contributed by atoms with Crippen molar-refractivity contribution >= 4 is 22.6 Å². The highest BCUT2D eigenvalue weighted by Crippen LogP contribution is 2.45. The van der Waals surface area contributed by atoms with Crippen LogP contribution in [0.3, 0.4) is 0 Å². The van der Waals surface area contributed by atoms with Gasteiger partial charge in [0.05, 0.1) is 10.9 Å². The summed E-state index contributed by atoms with van der Waals surface area (Å²) in [7, 11) is 0. The molecule has 9 nitrogen and oxygen atoms in total. The molecule has 0 fully saturated rings. The molecule has 0 atom stereocenters. The minimum Gasteiger partial charge on any atom is -0.476 e. The number of aromatic carboxylic acids is 1. The normalized spacial score (nSPS) is 12.6. The van der Waals surface area contributed by atoms with Crippen molar-refractivity contribution in [2.24, 2.45) is 5.11 Å². The van der Waals surface area contributed by atoms with Crippen molar-refractivity contribution in [2.45, 2.75) is 13.5 Å². The number of aromatic nitrogens is 2. The first-order chi connectivity index (χ1) is 10.1. The number of nitrogens with zero attached hydrogens (tertiary/aromatic N) is 3. The molecule has 0 spiro atoms. The highest BCUT2D eigenvalue weighted by atomic mass is 16.7. The summed E-state index contributed by atoms with van der Waals surface area (Å²) >= 11 is 0. The number of aryl methyl sites for hydroxylation is 1. The standard InChI is InChI=1S/C12H10N4O5/c1-2-16-5-3-6-11(21-4-20-6)8(14-13)7(5)10(17)9(15-16)12(18)19/h3,13H,2,4H2,1H3,(H,18,19). The van der Waals surface area contributed by atoms with Gasteiger partial charge < -0.3 is 14.6 Å². The van der Waals surface area contributed by atoms with E-state index in [9.17, 15) is 9.59 Å². The van der Waals surface area contributed by atoms with E-state index in [1.807, 2.05) is 0 Å². The van der Waals surface area contributed by atoms with Crippen LogP contribution in [-0.2, 0) is 6.54 Å². The topological polar surface area (TPSA) is 127 Å². The largest absolute Gasteiger partial charge is 0.476 e. The molecule has 0 saturated heterocycles. The molecule has 0 bridgehead atoms. The Morgan fingerprint density at radius 3 is 2.95 bits per heavy atom. The zero-order valence-electron chi connectivity index (χ0n) is 10.9. The summed E-state index contributed by atoms with van der Waals surface area (Å²) in [6, 6.07) is 1.54. The molecule has 0 saturated carbocycles. The third-order valence-electron chi connectivity index (χ3n) is 3.17. The maximum absolute atomic E-state index is 12.3. The van der Waals surface area contributed by atoms with E-state index in [-0.39, 0.29) is 23.6 Å². The van der Waals surface area contributed by atoms with Crippen molar-refractivity contribution in [2.75, 3.05) is 6.79 Å². The van der Waals surface area contributed by atoms with Gasteiger partial charge in [0.15, 0.2) is 11.5 Å². The second-order valence-electron chi connectivity index (χ2n) is 4.26. The molecule has 108 valence electrons. The van der Waals surface area contributed by atoms with Crippen LogP contribution in [0, 0.1) is 5.53 Å². The van der Waals surface area contributed by atoms with E-state index in [0.717, 1.165) is 0 Å². The van der Waals surface area contributed by atoms with Crippen molar-refractivity contribution < 1.29 is 19.4 Å². The Labute approximate surface area is 117 Å². The molecule has 2 heterocycles. The second kappa shape index (κ2) is 4.54. The van der Waals surface area contributed by atoms with Crippen molar-refractivity contribution in [3.8, 4) is 11.5 Å². The Kier molecular flexibility index (Phi) is 2.82. The van der Waals surface area contributed by atoms with Gasteiger partial charge in [-0.2, -0.15) is 10.2 Å². The zero-order chi connectivity index (χ0) is 15.1. The van der Waals surface area contributed by atoms with Crippen LogP contribution in [0.15, 0.2) is 16.0 Å². The SMILES string of the molecule is CCn1nc(C(=O)O)c(=O)c2c(N=N)c3c(cc21)OCO3. The van der Waals surface area contributed by atoms with E-state index in [0.29, 0.717) is 17.8 Å². The molecule has 0 unspecified atom stereocenters. The summed E-state index contributed by atoms with van der Waals surface area (Å²) in [6.07, 6.45) is 0. The van der Waals surface area contributed by atoms with Crippen LogP contribution in [0.1, 0.15) is 17.4 Å². The van der Waals surface area contributed by atoms with E-state index in [1.54, 1.807) is 6.92 Å². The van der Waals surface area contributed by atoms with Crippen molar-refractivity contribution in [1.82, 2.24) is 9.78 Å². The van der Waals surface area contributed by atoms with E-state index in [1.165, 1.54) is 10.7 Å². The van der Waals surface area contributed by atoms with Gasteiger partial charge in [0.25, 0.3) is 0 Å². The average molecular weight is 290 g/mol. The van der Waals surface area contributed by atoms with E-state index in [2.05, 4.69) is 10.2 Å². The molecular weight excluding hydrogens is 280 g/mol. The number of rotatable bonds is 3. The lowest BCUT2D eigenvalue weighted by Gasteiger charge is -2.11. The van der Waals surface area contributed by atoms with Gasteiger partial charge in [-0.15, -0.1) is 0 Å². The molecule has 2 aromatic rings. The second-order valence-corrected chi connectivity index (χ2v) is 4.26. The van der Waals surface area contributed by atoms with Crippen molar-refractivity contribution in [3.05, 3.63) is 22.0 Å². The average Bonchev–Trinajstić information content (AvgIpc) is 2.93. The van der Waals surface area contributed by atoms with Gasteiger partial charge in [-0.25, -0.2) is 10.3 Å². The third kappa shape index (κ3) is 1.74. The summed E-state index contributed by atoms with van der Waals surface area (Å²) in [5.74, 6) is -0.919. The number of fused-ring (bicyclic) bond motifs is 2. The van der Waals surface area contributed by atoms with Gasteiger partial charge in [0, 0.05) is 12.6 Å². The Hall–Kier alpha value is -2.97. The fourth-order valence-corrected chi connectivity index (χ4v) is 2.27. The number of ether oxygens (including phenoxy) is 2. The van der Waals surface area contributed by atoms with Gasteiger partial charge in [-0.05, 0) is 6.92 Å². The predicted molar refractivity (Wildman–Crippen MR) is 69.6 cm³/mol. The molecule has 0 radical (unpaired) electrons. The van der Waals surface area contributed by atoms with E-state index >= 15 is 0 Å². The first-order valence-corrected chi connectivity index (χ1v) is 6.06. The molecular formula is C12H10N4O5. The molecule has 0 aliphatic carbocycles. The highest BCUT2D eigenvalue weighted by molar-refractivity contribution is 5.99. The number of carboxylic acids is 1. The van der Waals surface area contributed by atoms with E-state index in [4.69, 9.17) is 20.1 Å². The molecule has 0 amide bonds. The van der Waals surface area contributed by atoms with Gasteiger partial charge in [0.1, 0.15) is 5.69 Å². The first-order valence-electron chi connectivity index (χ1n) is 6.06. The lowest BCUT2D eigenvalue weighted by atomic mass is 10.1. The Balaban J connectivity index is 2.55. The predicted octanol–water partition coefficient (Wildman–Crippen LogP) is 1.51. The quantitative estimate of drug-likeness (QED) is 0.825. The van der Waals surface area contributed by atoms with Crippen LogP contribution in [0.4, 0.5) is 5.69 Å². The zero-order valence-corrected chi connectivity index (χ0v) is 10.9. The maximum atomic E-state index is 12.3. The number of hydrogen-bond acceptors (Lipinski definition) is 7. The van der Waals surface area contributed by atoms with Crippen LogP contribution in [0.5, 0.6) is 11.5 Å². The smallest absolute Gasteiger partial charge is 0.360 e. The number of carbonyl (C=O) groups is 1. The summed E-state index contributed by atoms with van der Waals surface area (Å²) in [5, 5.41) is 16.2. The minimum atomic E-state index is -1.43. The molecule has 1 aromatic carbocycles. The fraction of sp³-hybridized carbons (Fsp3) is 0.250. The third-order valence-corrected chi connectivity index (χ3v) is 3.17. The van der Waals surface area contributed by atoms with Crippen LogP contribution in [0.2, 0.25) is 0 Å². The van der Waals surface area contributed by atoms with Crippen molar-refractivity contribution in [1.29, 1.82) is 5.53 Å². The fourth-order valence-electron chi connectivity index (χ4n) is 2.27. The molecule has 9 heteroatoms. The summed E-state index contributed by atoms with van der Waals surface area (Å²) in [6.45, 7) is 2.05. The molecule has 2 N–H and O–H groups in total. The summed E-state index contributed by atoms with van der Waals surface area (Å²) in [4.78, 5) is 23.5. The summed E-state index contributed by atoms with van der Waals surface area (Å²) in [5.41, 5.74) is 6.16. The minimum absolute atomic E-state index is 0.0106. The van der Waals surface area contributed by atoms with Crippen LogP contribution >= 0.6 is 0 Å².